The van der Waals surface area contributed by atoms with Gasteiger partial charge in [0.15, 0.2) is 5.13 Å². The number of sulfonamides is 1. The summed E-state index contributed by atoms with van der Waals surface area (Å²) in [6.45, 7) is 4.95. The second-order valence-electron chi connectivity index (χ2n) is 7.78. The second kappa shape index (κ2) is 8.49. The number of hydrogen-bond donors (Lipinski definition) is 0. The second-order valence-corrected chi connectivity index (χ2v) is 10.5. The molecule has 0 aliphatic carbocycles. The van der Waals surface area contributed by atoms with Gasteiger partial charge in [0.05, 0.1) is 16.2 Å². The van der Waals surface area contributed by atoms with Gasteiger partial charge < -0.3 is 4.90 Å². The first kappa shape index (κ1) is 22.8. The van der Waals surface area contributed by atoms with E-state index in [9.17, 15) is 21.6 Å². The molecule has 1 aliphatic rings. The highest BCUT2D eigenvalue weighted by Gasteiger charge is 2.39. The highest BCUT2D eigenvalue weighted by Crippen LogP contribution is 2.36. The predicted octanol–water partition coefficient (Wildman–Crippen LogP) is 4.96. The van der Waals surface area contributed by atoms with Gasteiger partial charge in [-0.15, -0.1) is 11.3 Å². The van der Waals surface area contributed by atoms with Crippen LogP contribution >= 0.6 is 11.3 Å². The van der Waals surface area contributed by atoms with Crippen molar-refractivity contribution in [1.82, 2.24) is 9.29 Å². The number of hydrogen-bond acceptors (Lipinski definition) is 5. The van der Waals surface area contributed by atoms with Crippen LogP contribution in [0.1, 0.15) is 16.7 Å². The molecule has 2 aromatic carbocycles. The van der Waals surface area contributed by atoms with Crippen molar-refractivity contribution in [3.63, 3.8) is 0 Å². The molecule has 0 radical (unpaired) electrons. The average Bonchev–Trinajstić information content (AvgIpc) is 3.23. The molecule has 3 aromatic rings. The largest absolute Gasteiger partial charge is 0.417 e. The lowest BCUT2D eigenvalue weighted by Crippen LogP contribution is -2.48. The van der Waals surface area contributed by atoms with Crippen molar-refractivity contribution in [2.24, 2.45) is 0 Å². The molecule has 0 spiro atoms. The molecule has 2 heterocycles. The molecular weight excluding hydrogens is 459 g/mol. The Balaban J connectivity index is 1.50. The maximum Gasteiger partial charge on any atom is 0.417 e. The number of halogens is 3. The molecule has 10 heteroatoms. The summed E-state index contributed by atoms with van der Waals surface area (Å²) in [5.41, 5.74) is 3.03. The van der Waals surface area contributed by atoms with Gasteiger partial charge in [-0.2, -0.15) is 17.5 Å². The predicted molar refractivity (Wildman–Crippen MR) is 119 cm³/mol. The van der Waals surface area contributed by atoms with E-state index in [1.165, 1.54) is 23.5 Å². The number of aromatic nitrogens is 1. The molecule has 170 valence electrons. The fraction of sp³-hybridized carbons (Fsp3) is 0.318. The van der Waals surface area contributed by atoms with Gasteiger partial charge in [0.2, 0.25) is 10.0 Å². The molecule has 1 aliphatic heterocycles. The van der Waals surface area contributed by atoms with E-state index in [0.717, 1.165) is 44.0 Å². The minimum absolute atomic E-state index is 0.0903. The third kappa shape index (κ3) is 4.53. The van der Waals surface area contributed by atoms with E-state index in [1.807, 2.05) is 24.1 Å². The normalized spacial score (nSPS) is 15.8. The first-order chi connectivity index (χ1) is 15.1. The van der Waals surface area contributed by atoms with Crippen molar-refractivity contribution < 1.29 is 21.6 Å². The van der Waals surface area contributed by atoms with Gasteiger partial charge in [0, 0.05) is 37.1 Å². The number of aryl methyl sites for hydroxylation is 2. The molecule has 1 aromatic heterocycles. The maximum atomic E-state index is 13.3. The standard InChI is InChI=1S/C22H22F3N3O2S2/c1-15-11-16(2)13-17(12-15)19-14-31-21(26-19)27-7-9-28(10-8-27)32(29,30)20-6-4-3-5-18(20)22(23,24)25/h3-6,11-14H,7-10H2,1-2H3. The number of alkyl halides is 3. The van der Waals surface area contributed by atoms with E-state index in [0.29, 0.717) is 13.1 Å². The minimum atomic E-state index is -4.74. The Labute approximate surface area is 189 Å². The molecule has 0 bridgehead atoms. The molecule has 4 rings (SSSR count). The monoisotopic (exact) mass is 481 g/mol. The van der Waals surface area contributed by atoms with Crippen LogP contribution in [0.2, 0.25) is 0 Å². The number of anilines is 1. The van der Waals surface area contributed by atoms with Crippen LogP contribution in [0.4, 0.5) is 18.3 Å². The molecule has 1 saturated heterocycles. The van der Waals surface area contributed by atoms with Gasteiger partial charge in [0.1, 0.15) is 0 Å². The molecule has 0 amide bonds. The van der Waals surface area contributed by atoms with Crippen LogP contribution in [0, 0.1) is 13.8 Å². The lowest BCUT2D eigenvalue weighted by molar-refractivity contribution is -0.139. The van der Waals surface area contributed by atoms with Crippen molar-refractivity contribution >= 4 is 26.5 Å². The average molecular weight is 482 g/mol. The highest BCUT2D eigenvalue weighted by atomic mass is 32.2. The van der Waals surface area contributed by atoms with Crippen LogP contribution in [0.25, 0.3) is 11.3 Å². The zero-order valence-corrected chi connectivity index (χ0v) is 19.2. The maximum absolute atomic E-state index is 13.3. The van der Waals surface area contributed by atoms with Crippen molar-refractivity contribution in [2.75, 3.05) is 31.1 Å². The van der Waals surface area contributed by atoms with E-state index in [-0.39, 0.29) is 13.1 Å². The summed E-state index contributed by atoms with van der Waals surface area (Å²) < 4.78 is 67.0. The summed E-state index contributed by atoms with van der Waals surface area (Å²) >= 11 is 1.47. The number of piperazine rings is 1. The first-order valence-electron chi connectivity index (χ1n) is 10.0. The minimum Gasteiger partial charge on any atom is -0.345 e. The molecule has 5 nitrogen and oxygen atoms in total. The summed E-state index contributed by atoms with van der Waals surface area (Å²) in [4.78, 5) is 5.98. The summed E-state index contributed by atoms with van der Waals surface area (Å²) in [6.07, 6.45) is -4.74. The van der Waals surface area contributed by atoms with Crippen molar-refractivity contribution in [2.45, 2.75) is 24.9 Å². The number of thiazole rings is 1. The molecule has 0 unspecified atom stereocenters. The molecule has 0 saturated carbocycles. The molecule has 1 fully saturated rings. The molecule has 0 N–H and O–H groups in total. The Bertz CT molecular complexity index is 1210. The summed E-state index contributed by atoms with van der Waals surface area (Å²) in [5, 5.41) is 2.73. The molecular formula is C22H22F3N3O2S2. The summed E-state index contributed by atoms with van der Waals surface area (Å²) in [5.74, 6) is 0. The molecule has 0 atom stereocenters. The van der Waals surface area contributed by atoms with Gasteiger partial charge >= 0.3 is 6.18 Å². The number of benzene rings is 2. The van der Waals surface area contributed by atoms with E-state index in [2.05, 4.69) is 18.2 Å². The lowest BCUT2D eigenvalue weighted by atomic mass is 10.1. The van der Waals surface area contributed by atoms with Crippen LogP contribution in [-0.4, -0.2) is 43.9 Å². The first-order valence-corrected chi connectivity index (χ1v) is 12.3. The zero-order chi connectivity index (χ0) is 23.1. The highest BCUT2D eigenvalue weighted by molar-refractivity contribution is 7.89. The fourth-order valence-corrected chi connectivity index (χ4v) is 6.37. The van der Waals surface area contributed by atoms with Gasteiger partial charge in [-0.1, -0.05) is 29.3 Å². The van der Waals surface area contributed by atoms with Crippen molar-refractivity contribution in [3.8, 4) is 11.3 Å². The zero-order valence-electron chi connectivity index (χ0n) is 17.6. The Morgan fingerprint density at radius 2 is 1.59 bits per heavy atom. The van der Waals surface area contributed by atoms with Gasteiger partial charge in [-0.05, 0) is 38.1 Å². The molecule has 32 heavy (non-hydrogen) atoms. The third-order valence-electron chi connectivity index (χ3n) is 5.33. The van der Waals surface area contributed by atoms with Crippen molar-refractivity contribution in [1.29, 1.82) is 0 Å². The SMILES string of the molecule is Cc1cc(C)cc(-c2csc(N3CCN(S(=O)(=O)c4ccccc4C(F)(F)F)CC3)n2)c1. The fourth-order valence-electron chi connectivity index (χ4n) is 3.85. The third-order valence-corrected chi connectivity index (χ3v) is 8.19. The Hall–Kier alpha value is -2.43. The number of nitrogens with zero attached hydrogens (tertiary/aromatic N) is 3. The van der Waals surface area contributed by atoms with Crippen LogP contribution < -0.4 is 4.90 Å². The van der Waals surface area contributed by atoms with Gasteiger partial charge in [-0.25, -0.2) is 13.4 Å². The summed E-state index contributed by atoms with van der Waals surface area (Å²) in [7, 11) is -4.26. The van der Waals surface area contributed by atoms with Crippen LogP contribution in [0.3, 0.4) is 0 Å². The van der Waals surface area contributed by atoms with E-state index in [4.69, 9.17) is 4.98 Å². The van der Waals surface area contributed by atoms with Gasteiger partial charge in [0.25, 0.3) is 0 Å². The van der Waals surface area contributed by atoms with E-state index < -0.39 is 26.7 Å². The quantitative estimate of drug-likeness (QED) is 0.529. The Morgan fingerprint density at radius 1 is 0.969 bits per heavy atom. The van der Waals surface area contributed by atoms with Crippen molar-refractivity contribution in [3.05, 3.63) is 64.5 Å². The smallest absolute Gasteiger partial charge is 0.345 e. The van der Waals surface area contributed by atoms with E-state index >= 15 is 0 Å². The Morgan fingerprint density at radius 3 is 2.22 bits per heavy atom. The lowest BCUT2D eigenvalue weighted by Gasteiger charge is -2.34. The summed E-state index contributed by atoms with van der Waals surface area (Å²) in [6, 6.07) is 10.5. The van der Waals surface area contributed by atoms with Crippen LogP contribution in [-0.2, 0) is 16.2 Å². The van der Waals surface area contributed by atoms with Crippen LogP contribution in [0.5, 0.6) is 0 Å². The van der Waals surface area contributed by atoms with Gasteiger partial charge in [-0.3, -0.25) is 0 Å². The van der Waals surface area contributed by atoms with E-state index in [1.54, 1.807) is 0 Å². The topological polar surface area (TPSA) is 53.5 Å². The number of rotatable bonds is 4. The Kier molecular flexibility index (Phi) is 6.04. The van der Waals surface area contributed by atoms with Crippen LogP contribution in [0.15, 0.2) is 52.7 Å².